The topological polar surface area (TPSA) is 41.4 Å². The summed E-state index contributed by atoms with van der Waals surface area (Å²) < 4.78 is 42.1. The van der Waals surface area contributed by atoms with Crippen LogP contribution in [-0.2, 0) is 26.2 Å². The third-order valence-electron chi connectivity index (χ3n) is 6.70. The maximum Gasteiger partial charge on any atom is 0.416 e. The van der Waals surface area contributed by atoms with Gasteiger partial charge >= 0.3 is 6.18 Å². The van der Waals surface area contributed by atoms with Gasteiger partial charge in [0.2, 0.25) is 0 Å². The second-order valence-electron chi connectivity index (χ2n) is 8.81. The minimum atomic E-state index is -4.37. The molecule has 0 aliphatic carbocycles. The Hall–Kier alpha value is -2.77. The molecule has 1 saturated heterocycles. The Bertz CT molecular complexity index is 1020. The Morgan fingerprint density at radius 1 is 1.12 bits per heavy atom. The molecule has 0 unspecified atom stereocenters. The van der Waals surface area contributed by atoms with Gasteiger partial charge in [-0.3, -0.25) is 9.48 Å². The molecule has 2 aliphatic heterocycles. The molecule has 32 heavy (non-hydrogen) atoms. The number of amides is 1. The second kappa shape index (κ2) is 8.64. The number of hydrogen-bond donors (Lipinski definition) is 0. The molecule has 1 aromatic carbocycles. The van der Waals surface area contributed by atoms with Crippen molar-refractivity contribution < 1.29 is 18.0 Å². The van der Waals surface area contributed by atoms with Crippen LogP contribution < -0.4 is 0 Å². The smallest absolute Gasteiger partial charge is 0.371 e. The number of aryl methyl sites for hydroxylation is 1. The number of fused-ring (bicyclic) bond motifs is 1. The molecule has 4 rings (SSSR count). The lowest BCUT2D eigenvalue weighted by atomic mass is 9.86. The molecule has 1 aromatic heterocycles. The van der Waals surface area contributed by atoms with Gasteiger partial charge in [0.25, 0.3) is 5.91 Å². The molecule has 0 N–H and O–H groups in total. The lowest BCUT2D eigenvalue weighted by Gasteiger charge is -2.33. The molecular weight excluding hydrogens is 417 g/mol. The SMILES string of the molecule is C=C(C)N1CCCc2c(c(C(=O)N3CCC(c4ccccc4C(F)(F)F)CC3)nn2C)C1. The lowest BCUT2D eigenvalue weighted by Crippen LogP contribution is -2.39. The highest BCUT2D eigenvalue weighted by Gasteiger charge is 2.37. The van der Waals surface area contributed by atoms with E-state index in [2.05, 4.69) is 16.6 Å². The van der Waals surface area contributed by atoms with Gasteiger partial charge in [-0.05, 0) is 50.2 Å². The number of aromatic nitrogens is 2. The van der Waals surface area contributed by atoms with Crippen molar-refractivity contribution in [2.75, 3.05) is 19.6 Å². The molecule has 5 nitrogen and oxygen atoms in total. The standard InChI is InChI=1S/C24H29F3N4O/c1-16(2)31-12-6-9-21-19(15-31)22(28-29(21)3)23(32)30-13-10-17(11-14-30)18-7-4-5-8-20(18)24(25,26)27/h4-5,7-8,17H,1,6,9-15H2,2-3H3. The highest BCUT2D eigenvalue weighted by Crippen LogP contribution is 2.39. The number of nitrogens with zero attached hydrogens (tertiary/aromatic N) is 4. The van der Waals surface area contributed by atoms with E-state index in [1.807, 2.05) is 14.0 Å². The van der Waals surface area contributed by atoms with Gasteiger partial charge in [0.1, 0.15) is 0 Å². The number of likely N-dealkylation sites (tertiary alicyclic amines) is 1. The van der Waals surface area contributed by atoms with Gasteiger partial charge in [0.05, 0.1) is 5.56 Å². The summed E-state index contributed by atoms with van der Waals surface area (Å²) in [5.74, 6) is -0.343. The number of rotatable bonds is 3. The lowest BCUT2D eigenvalue weighted by molar-refractivity contribution is -0.138. The molecule has 0 bridgehead atoms. The van der Waals surface area contributed by atoms with Crippen molar-refractivity contribution in [3.63, 3.8) is 0 Å². The summed E-state index contributed by atoms with van der Waals surface area (Å²) in [6.07, 6.45) is -1.54. The van der Waals surface area contributed by atoms with E-state index in [1.165, 1.54) is 6.07 Å². The molecule has 0 atom stereocenters. The molecular formula is C24H29F3N4O. The molecule has 172 valence electrons. The third-order valence-corrected chi connectivity index (χ3v) is 6.70. The quantitative estimate of drug-likeness (QED) is 0.684. The highest BCUT2D eigenvalue weighted by atomic mass is 19.4. The highest BCUT2D eigenvalue weighted by molar-refractivity contribution is 5.94. The molecule has 2 aromatic rings. The van der Waals surface area contributed by atoms with Crippen molar-refractivity contribution in [2.24, 2.45) is 7.05 Å². The minimum Gasteiger partial charge on any atom is -0.371 e. The molecule has 2 aliphatic rings. The van der Waals surface area contributed by atoms with Crippen molar-refractivity contribution in [3.05, 3.63) is 64.6 Å². The van der Waals surface area contributed by atoms with Gasteiger partial charge in [-0.2, -0.15) is 18.3 Å². The number of benzene rings is 1. The second-order valence-corrected chi connectivity index (χ2v) is 8.81. The van der Waals surface area contributed by atoms with E-state index in [4.69, 9.17) is 0 Å². The van der Waals surface area contributed by atoms with Crippen molar-refractivity contribution in [2.45, 2.75) is 51.2 Å². The van der Waals surface area contributed by atoms with Crippen molar-refractivity contribution >= 4 is 5.91 Å². The van der Waals surface area contributed by atoms with Crippen LogP contribution >= 0.6 is 0 Å². The zero-order valence-corrected chi connectivity index (χ0v) is 18.6. The first-order valence-corrected chi connectivity index (χ1v) is 11.1. The van der Waals surface area contributed by atoms with E-state index in [-0.39, 0.29) is 11.8 Å². The Kier molecular flexibility index (Phi) is 6.05. The Morgan fingerprint density at radius 2 is 1.81 bits per heavy atom. The average molecular weight is 447 g/mol. The first-order chi connectivity index (χ1) is 15.2. The zero-order chi connectivity index (χ0) is 23.0. The summed E-state index contributed by atoms with van der Waals surface area (Å²) in [5.41, 5.74) is 3.21. The predicted molar refractivity (Wildman–Crippen MR) is 116 cm³/mol. The number of alkyl halides is 3. The molecule has 1 amide bonds. The van der Waals surface area contributed by atoms with Crippen molar-refractivity contribution in [1.29, 1.82) is 0 Å². The Labute approximate surface area is 186 Å². The number of carbonyl (C=O) groups excluding carboxylic acids is 1. The van der Waals surface area contributed by atoms with E-state index in [0.717, 1.165) is 42.4 Å². The van der Waals surface area contributed by atoms with Crippen LogP contribution in [0, 0.1) is 0 Å². The van der Waals surface area contributed by atoms with Crippen molar-refractivity contribution in [1.82, 2.24) is 19.6 Å². The van der Waals surface area contributed by atoms with E-state index in [9.17, 15) is 18.0 Å². The summed E-state index contributed by atoms with van der Waals surface area (Å²) in [6.45, 7) is 8.35. The van der Waals surface area contributed by atoms with Crippen LogP contribution in [0.3, 0.4) is 0 Å². The minimum absolute atomic E-state index is 0.132. The van der Waals surface area contributed by atoms with Crippen LogP contribution in [0.1, 0.15) is 65.0 Å². The largest absolute Gasteiger partial charge is 0.416 e. The van der Waals surface area contributed by atoms with Crippen LogP contribution in [0.4, 0.5) is 13.2 Å². The Morgan fingerprint density at radius 3 is 2.47 bits per heavy atom. The number of carbonyl (C=O) groups is 1. The fourth-order valence-electron chi connectivity index (χ4n) is 4.94. The van der Waals surface area contributed by atoms with Gasteiger partial charge in [-0.1, -0.05) is 24.8 Å². The van der Waals surface area contributed by atoms with E-state index in [1.54, 1.807) is 21.7 Å². The third kappa shape index (κ3) is 4.27. The van der Waals surface area contributed by atoms with Gasteiger partial charge in [-0.15, -0.1) is 0 Å². The van der Waals surface area contributed by atoms with E-state index < -0.39 is 11.7 Å². The van der Waals surface area contributed by atoms with Crippen LogP contribution in [0.15, 0.2) is 36.5 Å². The molecule has 3 heterocycles. The summed E-state index contributed by atoms with van der Waals surface area (Å²) in [6, 6.07) is 5.78. The van der Waals surface area contributed by atoms with E-state index >= 15 is 0 Å². The first kappa shape index (κ1) is 22.4. The number of piperidine rings is 1. The van der Waals surface area contributed by atoms with Gasteiger partial charge in [0.15, 0.2) is 5.69 Å². The van der Waals surface area contributed by atoms with Gasteiger partial charge in [0, 0.05) is 50.2 Å². The monoisotopic (exact) mass is 446 g/mol. The zero-order valence-electron chi connectivity index (χ0n) is 18.6. The maximum atomic E-state index is 13.4. The van der Waals surface area contributed by atoms with Crippen LogP contribution in [0.2, 0.25) is 0 Å². The maximum absolute atomic E-state index is 13.4. The van der Waals surface area contributed by atoms with E-state index in [0.29, 0.717) is 43.7 Å². The van der Waals surface area contributed by atoms with Crippen molar-refractivity contribution in [3.8, 4) is 0 Å². The fourth-order valence-corrected chi connectivity index (χ4v) is 4.94. The molecule has 8 heteroatoms. The summed E-state index contributed by atoms with van der Waals surface area (Å²) >= 11 is 0. The Balaban J connectivity index is 1.52. The normalized spacial score (nSPS) is 17.8. The fraction of sp³-hybridized carbons (Fsp3) is 0.500. The summed E-state index contributed by atoms with van der Waals surface area (Å²) in [7, 11) is 1.87. The van der Waals surface area contributed by atoms with Gasteiger partial charge < -0.3 is 9.80 Å². The summed E-state index contributed by atoms with van der Waals surface area (Å²) in [5, 5.41) is 4.55. The number of hydrogen-bond acceptors (Lipinski definition) is 3. The van der Waals surface area contributed by atoms with Gasteiger partial charge in [-0.25, -0.2) is 0 Å². The molecule has 0 spiro atoms. The first-order valence-electron chi connectivity index (χ1n) is 11.1. The summed E-state index contributed by atoms with van der Waals surface area (Å²) in [4.78, 5) is 17.3. The number of allylic oxidation sites excluding steroid dienone is 1. The van der Waals surface area contributed by atoms with Crippen LogP contribution in [-0.4, -0.2) is 45.1 Å². The van der Waals surface area contributed by atoms with Crippen LogP contribution in [0.5, 0.6) is 0 Å². The molecule has 0 saturated carbocycles. The van der Waals surface area contributed by atoms with Crippen LogP contribution in [0.25, 0.3) is 0 Å². The number of halogens is 3. The molecule has 0 radical (unpaired) electrons. The predicted octanol–water partition coefficient (Wildman–Crippen LogP) is 4.74. The molecule has 1 fully saturated rings. The average Bonchev–Trinajstić information content (AvgIpc) is 2.93.